The molecule has 2 fully saturated rings. The number of anilines is 2. The number of carbonyl (C=O) groups excluding carboxylic acids is 2. The standard InChI is InChI=1S/C23H28FN5O4/c1-2-15-7-10-28(23(31)33-18-8-11-32-12-9-18)14-20(15)29-13-19(21(25)30)22(27-29)26-17-5-3-16(24)4-6-17/h2-6,13,15,18,20H,1,7-12,14H2,(H2,25,30)(H,26,27)/t15-,20-/m1/s1. The molecule has 33 heavy (non-hydrogen) atoms. The van der Waals surface area contributed by atoms with E-state index in [1.165, 1.54) is 12.1 Å². The number of nitrogens with one attached hydrogen (secondary N) is 1. The van der Waals surface area contributed by atoms with Crippen molar-refractivity contribution in [1.29, 1.82) is 0 Å². The fraction of sp³-hybridized carbons (Fsp3) is 0.435. The molecule has 1 aromatic heterocycles. The number of carbonyl (C=O) groups is 2. The molecule has 2 atom stereocenters. The molecule has 2 amide bonds. The Labute approximate surface area is 191 Å². The second-order valence-corrected chi connectivity index (χ2v) is 8.26. The van der Waals surface area contributed by atoms with E-state index in [9.17, 15) is 14.0 Å². The number of amides is 2. The highest BCUT2D eigenvalue weighted by Gasteiger charge is 2.34. The average molecular weight is 458 g/mol. The average Bonchev–Trinajstić information content (AvgIpc) is 3.24. The summed E-state index contributed by atoms with van der Waals surface area (Å²) in [5.74, 6) is -0.715. The van der Waals surface area contributed by atoms with E-state index in [0.717, 1.165) is 0 Å². The lowest BCUT2D eigenvalue weighted by Crippen LogP contribution is -2.45. The Morgan fingerprint density at radius 3 is 2.64 bits per heavy atom. The van der Waals surface area contributed by atoms with Gasteiger partial charge in [0.25, 0.3) is 5.91 Å². The number of likely N-dealkylation sites (tertiary alicyclic amines) is 1. The maximum absolute atomic E-state index is 13.2. The van der Waals surface area contributed by atoms with Crippen molar-refractivity contribution in [3.05, 3.63) is 54.5 Å². The fourth-order valence-corrected chi connectivity index (χ4v) is 4.19. The largest absolute Gasteiger partial charge is 0.446 e. The molecular formula is C23H28FN5O4. The third kappa shape index (κ3) is 5.33. The molecule has 0 aliphatic carbocycles. The number of primary amides is 1. The number of allylic oxidation sites excluding steroid dienone is 1. The van der Waals surface area contributed by atoms with Gasteiger partial charge in [-0.1, -0.05) is 6.08 Å². The van der Waals surface area contributed by atoms with Crippen LogP contribution < -0.4 is 11.1 Å². The molecule has 0 spiro atoms. The Bertz CT molecular complexity index is 1000. The van der Waals surface area contributed by atoms with E-state index < -0.39 is 5.91 Å². The van der Waals surface area contributed by atoms with Gasteiger partial charge in [-0.15, -0.1) is 6.58 Å². The zero-order chi connectivity index (χ0) is 23.4. The summed E-state index contributed by atoms with van der Waals surface area (Å²) in [6.45, 7) is 6.01. The molecule has 0 saturated carbocycles. The number of piperidine rings is 1. The van der Waals surface area contributed by atoms with Crippen molar-refractivity contribution >= 4 is 23.5 Å². The first-order valence-electron chi connectivity index (χ1n) is 11.0. The zero-order valence-corrected chi connectivity index (χ0v) is 18.3. The Morgan fingerprint density at radius 1 is 1.24 bits per heavy atom. The van der Waals surface area contributed by atoms with Crippen LogP contribution in [0.15, 0.2) is 43.1 Å². The van der Waals surface area contributed by atoms with Crippen LogP contribution in [-0.4, -0.2) is 59.1 Å². The van der Waals surface area contributed by atoms with Crippen molar-refractivity contribution in [2.24, 2.45) is 11.7 Å². The Hall–Kier alpha value is -3.40. The predicted molar refractivity (Wildman–Crippen MR) is 120 cm³/mol. The van der Waals surface area contributed by atoms with E-state index >= 15 is 0 Å². The maximum Gasteiger partial charge on any atom is 0.410 e. The van der Waals surface area contributed by atoms with Crippen molar-refractivity contribution in [1.82, 2.24) is 14.7 Å². The van der Waals surface area contributed by atoms with Crippen molar-refractivity contribution in [3.63, 3.8) is 0 Å². The number of halogens is 1. The second-order valence-electron chi connectivity index (χ2n) is 8.26. The van der Waals surface area contributed by atoms with Gasteiger partial charge in [0.1, 0.15) is 17.5 Å². The highest BCUT2D eigenvalue weighted by molar-refractivity contribution is 5.98. The molecule has 176 valence electrons. The molecule has 3 N–H and O–H groups in total. The van der Waals surface area contributed by atoms with Crippen LogP contribution in [0.1, 0.15) is 35.7 Å². The summed E-state index contributed by atoms with van der Waals surface area (Å²) in [5, 5.41) is 7.57. The second kappa shape index (κ2) is 10.0. The summed E-state index contributed by atoms with van der Waals surface area (Å²) < 4.78 is 25.9. The van der Waals surface area contributed by atoms with Crippen molar-refractivity contribution in [2.75, 3.05) is 31.6 Å². The van der Waals surface area contributed by atoms with Gasteiger partial charge in [0.05, 0.1) is 19.3 Å². The molecule has 10 heteroatoms. The molecule has 0 bridgehead atoms. The summed E-state index contributed by atoms with van der Waals surface area (Å²) >= 11 is 0. The molecule has 2 aliphatic heterocycles. The molecule has 0 unspecified atom stereocenters. The summed E-state index contributed by atoms with van der Waals surface area (Å²) in [5.41, 5.74) is 6.34. The summed E-state index contributed by atoms with van der Waals surface area (Å²) in [6.07, 6.45) is 4.98. The summed E-state index contributed by atoms with van der Waals surface area (Å²) in [4.78, 5) is 26.5. The lowest BCUT2D eigenvalue weighted by Gasteiger charge is -2.37. The third-order valence-electron chi connectivity index (χ3n) is 6.07. The fourth-order valence-electron chi connectivity index (χ4n) is 4.19. The lowest BCUT2D eigenvalue weighted by molar-refractivity contribution is -0.0152. The molecule has 2 aromatic rings. The van der Waals surface area contributed by atoms with E-state index in [-0.39, 0.29) is 41.4 Å². The normalized spacial score (nSPS) is 21.4. The first-order valence-corrected chi connectivity index (χ1v) is 11.0. The predicted octanol–water partition coefficient (Wildman–Crippen LogP) is 3.23. The van der Waals surface area contributed by atoms with Crippen molar-refractivity contribution in [3.8, 4) is 0 Å². The van der Waals surface area contributed by atoms with Gasteiger partial charge in [-0.2, -0.15) is 5.10 Å². The van der Waals surface area contributed by atoms with E-state index in [1.807, 2.05) is 6.08 Å². The van der Waals surface area contributed by atoms with E-state index in [1.54, 1.807) is 27.9 Å². The zero-order valence-electron chi connectivity index (χ0n) is 18.3. The smallest absolute Gasteiger partial charge is 0.410 e. The molecule has 3 heterocycles. The van der Waals surface area contributed by atoms with Crippen molar-refractivity contribution in [2.45, 2.75) is 31.4 Å². The van der Waals surface area contributed by atoms with E-state index in [0.29, 0.717) is 51.3 Å². The number of hydrogen-bond acceptors (Lipinski definition) is 6. The quantitative estimate of drug-likeness (QED) is 0.644. The number of nitrogens with two attached hydrogens (primary N) is 1. The molecule has 4 rings (SSSR count). The topological polar surface area (TPSA) is 112 Å². The minimum atomic E-state index is -0.646. The monoisotopic (exact) mass is 457 g/mol. The Kier molecular flexibility index (Phi) is 6.93. The van der Waals surface area contributed by atoms with Crippen LogP contribution in [0.5, 0.6) is 0 Å². The number of rotatable bonds is 6. The van der Waals surface area contributed by atoms with Gasteiger partial charge in [0.15, 0.2) is 5.82 Å². The molecule has 0 radical (unpaired) electrons. The van der Waals surface area contributed by atoms with Gasteiger partial charge in [-0.25, -0.2) is 9.18 Å². The highest BCUT2D eigenvalue weighted by atomic mass is 19.1. The first-order chi connectivity index (χ1) is 15.9. The van der Waals surface area contributed by atoms with Crippen LogP contribution in [0.4, 0.5) is 20.7 Å². The SMILES string of the molecule is C=C[C@@H]1CCN(C(=O)OC2CCOCC2)C[C@H]1n1cc(C(N)=O)c(Nc2ccc(F)cc2)n1. The number of ether oxygens (including phenoxy) is 2. The van der Waals surface area contributed by atoms with Crippen LogP contribution in [0, 0.1) is 11.7 Å². The highest BCUT2D eigenvalue weighted by Crippen LogP contribution is 2.31. The third-order valence-corrected chi connectivity index (χ3v) is 6.07. The van der Waals surface area contributed by atoms with Crippen LogP contribution in [0.25, 0.3) is 0 Å². The van der Waals surface area contributed by atoms with Gasteiger partial charge >= 0.3 is 6.09 Å². The number of hydrogen-bond donors (Lipinski definition) is 2. The summed E-state index contributed by atoms with van der Waals surface area (Å²) in [6, 6.07) is 5.45. The molecule has 2 saturated heterocycles. The van der Waals surface area contributed by atoms with E-state index in [2.05, 4.69) is 17.0 Å². The van der Waals surface area contributed by atoms with Crippen LogP contribution in [-0.2, 0) is 9.47 Å². The minimum absolute atomic E-state index is 0.0384. The Balaban J connectivity index is 1.53. The van der Waals surface area contributed by atoms with Gasteiger partial charge in [-0.05, 0) is 30.7 Å². The molecular weight excluding hydrogens is 429 g/mol. The van der Waals surface area contributed by atoms with Gasteiger partial charge in [-0.3, -0.25) is 9.48 Å². The number of benzene rings is 1. The maximum atomic E-state index is 13.2. The molecule has 2 aliphatic rings. The van der Waals surface area contributed by atoms with Crippen LogP contribution in [0.2, 0.25) is 0 Å². The van der Waals surface area contributed by atoms with E-state index in [4.69, 9.17) is 15.2 Å². The molecule has 1 aromatic carbocycles. The van der Waals surface area contributed by atoms with Gasteiger partial charge in [0, 0.05) is 43.7 Å². The minimum Gasteiger partial charge on any atom is -0.446 e. The van der Waals surface area contributed by atoms with Gasteiger partial charge < -0.3 is 25.4 Å². The summed E-state index contributed by atoms with van der Waals surface area (Å²) in [7, 11) is 0. The van der Waals surface area contributed by atoms with Crippen LogP contribution in [0.3, 0.4) is 0 Å². The Morgan fingerprint density at radius 2 is 1.97 bits per heavy atom. The molecule has 9 nitrogen and oxygen atoms in total. The number of aromatic nitrogens is 2. The first kappa shape index (κ1) is 22.8. The lowest BCUT2D eigenvalue weighted by atomic mass is 9.92. The van der Waals surface area contributed by atoms with Gasteiger partial charge in [0.2, 0.25) is 0 Å². The van der Waals surface area contributed by atoms with Crippen LogP contribution >= 0.6 is 0 Å². The number of nitrogens with zero attached hydrogens (tertiary/aromatic N) is 3. The van der Waals surface area contributed by atoms with Crippen molar-refractivity contribution < 1.29 is 23.5 Å².